The van der Waals surface area contributed by atoms with Crippen LogP contribution < -0.4 is 5.56 Å². The summed E-state index contributed by atoms with van der Waals surface area (Å²) in [7, 11) is 0. The number of carbonyl (C=O) groups is 1. The molecular formula is C20H28N4O2. The Morgan fingerprint density at radius 2 is 1.92 bits per heavy atom. The molecule has 1 aromatic heterocycles. The van der Waals surface area contributed by atoms with Crippen molar-refractivity contribution in [1.29, 1.82) is 0 Å². The van der Waals surface area contributed by atoms with Crippen LogP contribution >= 0.6 is 0 Å². The fourth-order valence-electron chi connectivity index (χ4n) is 4.68. The Balaban J connectivity index is 1.18. The third-order valence-electron chi connectivity index (χ3n) is 6.76. The van der Waals surface area contributed by atoms with Crippen LogP contribution in [0.4, 0.5) is 0 Å². The van der Waals surface area contributed by atoms with E-state index in [4.69, 9.17) is 0 Å². The lowest BCUT2D eigenvalue weighted by Crippen LogP contribution is -2.34. The first kappa shape index (κ1) is 16.5. The minimum atomic E-state index is -0.0263. The second-order valence-electron chi connectivity index (χ2n) is 9.40. The standard InChI is InChI=1S/C20H28N4O2/c1-20(4-5-20)7-18(26)24-10-14-8-23(9-15(14)11-24)12-16-6-17(25)22-19(21-16)13-2-3-13/h6,13-15H,2-5,7-12H2,1H3,(H,21,22,25)/t14-,15+. The molecule has 0 unspecified atom stereocenters. The number of hydrogen-bond acceptors (Lipinski definition) is 4. The molecule has 2 aliphatic heterocycles. The van der Waals surface area contributed by atoms with E-state index < -0.39 is 0 Å². The normalized spacial score (nSPS) is 29.8. The Morgan fingerprint density at radius 3 is 2.54 bits per heavy atom. The molecule has 3 heterocycles. The molecule has 6 heteroatoms. The molecule has 1 amide bonds. The number of amides is 1. The van der Waals surface area contributed by atoms with Gasteiger partial charge in [-0.15, -0.1) is 0 Å². The lowest BCUT2D eigenvalue weighted by molar-refractivity contribution is -0.131. The third kappa shape index (κ3) is 3.31. The van der Waals surface area contributed by atoms with E-state index in [0.29, 0.717) is 29.1 Å². The van der Waals surface area contributed by atoms with Gasteiger partial charge in [0.25, 0.3) is 5.56 Å². The summed E-state index contributed by atoms with van der Waals surface area (Å²) >= 11 is 0. The maximum atomic E-state index is 12.5. The maximum absolute atomic E-state index is 12.5. The average Bonchev–Trinajstić information content (AvgIpc) is 3.46. The smallest absolute Gasteiger partial charge is 0.251 e. The van der Waals surface area contributed by atoms with Gasteiger partial charge >= 0.3 is 0 Å². The predicted octanol–water partition coefficient (Wildman–Crippen LogP) is 1.73. The maximum Gasteiger partial charge on any atom is 0.251 e. The summed E-state index contributed by atoms with van der Waals surface area (Å²) in [6.07, 6.45) is 5.43. The summed E-state index contributed by atoms with van der Waals surface area (Å²) in [4.78, 5) is 36.5. The van der Waals surface area contributed by atoms with Crippen molar-refractivity contribution < 1.29 is 4.79 Å². The monoisotopic (exact) mass is 356 g/mol. The van der Waals surface area contributed by atoms with Crippen molar-refractivity contribution in [3.8, 4) is 0 Å². The molecule has 0 spiro atoms. The average molecular weight is 356 g/mol. The van der Waals surface area contributed by atoms with Crippen LogP contribution in [0.5, 0.6) is 0 Å². The minimum Gasteiger partial charge on any atom is -0.342 e. The Morgan fingerprint density at radius 1 is 1.23 bits per heavy atom. The fourth-order valence-corrected chi connectivity index (χ4v) is 4.68. The number of nitrogens with one attached hydrogen (secondary N) is 1. The second-order valence-corrected chi connectivity index (χ2v) is 9.40. The first-order valence-corrected chi connectivity index (χ1v) is 10.1. The second kappa shape index (κ2) is 5.91. The van der Waals surface area contributed by atoms with E-state index in [0.717, 1.165) is 63.5 Å². The Bertz CT molecular complexity index is 766. The molecule has 0 bridgehead atoms. The number of fused-ring (bicyclic) bond motifs is 1. The summed E-state index contributed by atoms with van der Waals surface area (Å²) in [5, 5.41) is 0. The number of aromatic nitrogens is 2. The highest BCUT2D eigenvalue weighted by molar-refractivity contribution is 5.77. The molecule has 1 aromatic rings. The Labute approximate surface area is 154 Å². The number of carbonyl (C=O) groups excluding carboxylic acids is 1. The quantitative estimate of drug-likeness (QED) is 0.872. The molecule has 2 aliphatic carbocycles. The molecule has 6 nitrogen and oxygen atoms in total. The van der Waals surface area contributed by atoms with E-state index in [9.17, 15) is 9.59 Å². The Kier molecular flexibility index (Phi) is 3.75. The zero-order valence-corrected chi connectivity index (χ0v) is 15.5. The topological polar surface area (TPSA) is 69.3 Å². The summed E-state index contributed by atoms with van der Waals surface area (Å²) < 4.78 is 0. The lowest BCUT2D eigenvalue weighted by atomic mass is 10.0. The van der Waals surface area contributed by atoms with Gasteiger partial charge in [-0.3, -0.25) is 14.5 Å². The first-order chi connectivity index (χ1) is 12.5. The van der Waals surface area contributed by atoms with E-state index >= 15 is 0 Å². The number of aromatic amines is 1. The van der Waals surface area contributed by atoms with Gasteiger partial charge in [-0.1, -0.05) is 6.92 Å². The molecular weight excluding hydrogens is 328 g/mol. The summed E-state index contributed by atoms with van der Waals surface area (Å²) in [6, 6.07) is 1.64. The SMILES string of the molecule is CC1(CC(=O)N2C[C@H]3CN(Cc4cc(=O)[nH]c(C5CC5)n4)C[C@H]3C2)CC1. The van der Waals surface area contributed by atoms with Crippen molar-refractivity contribution in [2.75, 3.05) is 26.2 Å². The van der Waals surface area contributed by atoms with E-state index in [1.807, 2.05) is 0 Å². The third-order valence-corrected chi connectivity index (χ3v) is 6.76. The highest BCUT2D eigenvalue weighted by atomic mass is 16.2. The van der Waals surface area contributed by atoms with Crippen LogP contribution in [0.1, 0.15) is 56.5 Å². The molecule has 5 rings (SSSR count). The van der Waals surface area contributed by atoms with Gasteiger partial charge in [0.05, 0.1) is 5.69 Å². The highest BCUT2D eigenvalue weighted by Crippen LogP contribution is 2.48. The van der Waals surface area contributed by atoms with Gasteiger partial charge in [-0.2, -0.15) is 0 Å². The fraction of sp³-hybridized carbons (Fsp3) is 0.750. The molecule has 4 aliphatic rings. The van der Waals surface area contributed by atoms with Crippen molar-refractivity contribution in [1.82, 2.24) is 19.8 Å². The molecule has 4 fully saturated rings. The molecule has 1 N–H and O–H groups in total. The van der Waals surface area contributed by atoms with Gasteiger partial charge in [0.2, 0.25) is 5.91 Å². The van der Waals surface area contributed by atoms with E-state index in [-0.39, 0.29) is 5.56 Å². The van der Waals surface area contributed by atoms with Crippen molar-refractivity contribution in [3.05, 3.63) is 27.9 Å². The van der Waals surface area contributed by atoms with Crippen molar-refractivity contribution in [3.63, 3.8) is 0 Å². The van der Waals surface area contributed by atoms with Gasteiger partial charge < -0.3 is 9.88 Å². The zero-order chi connectivity index (χ0) is 17.9. The van der Waals surface area contributed by atoms with Gasteiger partial charge in [-0.05, 0) is 42.9 Å². The van der Waals surface area contributed by atoms with Crippen LogP contribution in [0.2, 0.25) is 0 Å². The number of rotatable bonds is 5. The highest BCUT2D eigenvalue weighted by Gasteiger charge is 2.45. The van der Waals surface area contributed by atoms with E-state index in [2.05, 4.69) is 26.7 Å². The van der Waals surface area contributed by atoms with E-state index in [1.165, 1.54) is 12.8 Å². The molecule has 2 atom stereocenters. The molecule has 0 radical (unpaired) electrons. The van der Waals surface area contributed by atoms with Gasteiger partial charge in [0.1, 0.15) is 5.82 Å². The van der Waals surface area contributed by atoms with Crippen molar-refractivity contribution in [2.24, 2.45) is 17.3 Å². The summed E-state index contributed by atoms with van der Waals surface area (Å²) in [5.74, 6) is 2.86. The van der Waals surface area contributed by atoms with Crippen molar-refractivity contribution >= 4 is 5.91 Å². The largest absolute Gasteiger partial charge is 0.342 e. The van der Waals surface area contributed by atoms with Crippen LogP contribution in [0.3, 0.4) is 0 Å². The summed E-state index contributed by atoms with van der Waals surface area (Å²) in [5.41, 5.74) is 1.17. The van der Waals surface area contributed by atoms with Crippen molar-refractivity contribution in [2.45, 2.75) is 51.5 Å². The van der Waals surface area contributed by atoms with E-state index in [1.54, 1.807) is 6.07 Å². The minimum absolute atomic E-state index is 0.0263. The molecule has 2 saturated heterocycles. The van der Waals surface area contributed by atoms with Gasteiger partial charge in [-0.25, -0.2) is 4.98 Å². The Hall–Kier alpha value is -1.69. The molecule has 26 heavy (non-hydrogen) atoms. The summed E-state index contributed by atoms with van der Waals surface area (Å²) in [6.45, 7) is 6.83. The van der Waals surface area contributed by atoms with Crippen LogP contribution in [0.25, 0.3) is 0 Å². The van der Waals surface area contributed by atoms with Crippen LogP contribution in [-0.2, 0) is 11.3 Å². The number of H-pyrrole nitrogens is 1. The number of hydrogen-bond donors (Lipinski definition) is 1. The molecule has 140 valence electrons. The number of likely N-dealkylation sites (tertiary alicyclic amines) is 2. The molecule has 2 saturated carbocycles. The predicted molar refractivity (Wildman–Crippen MR) is 97.6 cm³/mol. The molecule has 0 aromatic carbocycles. The van der Waals surface area contributed by atoms with Crippen LogP contribution in [0, 0.1) is 17.3 Å². The van der Waals surface area contributed by atoms with Crippen LogP contribution in [-0.4, -0.2) is 51.9 Å². The van der Waals surface area contributed by atoms with Crippen LogP contribution in [0.15, 0.2) is 10.9 Å². The number of nitrogens with zero attached hydrogens (tertiary/aromatic N) is 3. The van der Waals surface area contributed by atoms with Gasteiger partial charge in [0.15, 0.2) is 0 Å². The van der Waals surface area contributed by atoms with Gasteiger partial charge in [0, 0.05) is 51.1 Å². The lowest BCUT2D eigenvalue weighted by Gasteiger charge is -2.22. The zero-order valence-electron chi connectivity index (χ0n) is 15.5. The first-order valence-electron chi connectivity index (χ1n) is 10.1.